The van der Waals surface area contributed by atoms with E-state index in [1.54, 1.807) is 12.1 Å². The van der Waals surface area contributed by atoms with Crippen molar-refractivity contribution in [3.8, 4) is 11.1 Å². The van der Waals surface area contributed by atoms with Gasteiger partial charge < -0.3 is 0 Å². The van der Waals surface area contributed by atoms with Crippen LogP contribution in [0.4, 0.5) is 13.2 Å². The lowest BCUT2D eigenvalue weighted by atomic mass is 9.95. The van der Waals surface area contributed by atoms with Crippen molar-refractivity contribution < 1.29 is 18.0 Å². The molecule has 0 heterocycles. The van der Waals surface area contributed by atoms with E-state index in [1.165, 1.54) is 6.07 Å². The molecule has 0 radical (unpaired) electrons. The van der Waals surface area contributed by atoms with Crippen LogP contribution in [0.15, 0.2) is 42.5 Å². The van der Waals surface area contributed by atoms with Crippen molar-refractivity contribution in [3.63, 3.8) is 0 Å². The van der Waals surface area contributed by atoms with Crippen molar-refractivity contribution in [2.45, 2.75) is 26.4 Å². The van der Waals surface area contributed by atoms with E-state index in [9.17, 15) is 18.0 Å². The van der Waals surface area contributed by atoms with Crippen molar-refractivity contribution in [2.24, 2.45) is 5.92 Å². The maximum absolute atomic E-state index is 12.8. The number of rotatable bonds is 4. The van der Waals surface area contributed by atoms with Crippen molar-refractivity contribution in [1.82, 2.24) is 0 Å². The maximum Gasteiger partial charge on any atom is 0.416 e. The lowest BCUT2D eigenvalue weighted by Gasteiger charge is -2.12. The lowest BCUT2D eigenvalue weighted by Crippen LogP contribution is -2.05. The first-order valence-electron chi connectivity index (χ1n) is 7.07. The highest BCUT2D eigenvalue weighted by Crippen LogP contribution is 2.33. The highest BCUT2D eigenvalue weighted by atomic mass is 19.4. The maximum atomic E-state index is 12.8. The number of benzene rings is 2. The van der Waals surface area contributed by atoms with Crippen LogP contribution < -0.4 is 0 Å². The van der Waals surface area contributed by atoms with Gasteiger partial charge in [-0.2, -0.15) is 13.2 Å². The zero-order chi connectivity index (χ0) is 16.3. The largest absolute Gasteiger partial charge is 0.416 e. The van der Waals surface area contributed by atoms with Crippen LogP contribution in [-0.4, -0.2) is 6.29 Å². The number of hydrogen-bond acceptors (Lipinski definition) is 1. The Kier molecular flexibility index (Phi) is 4.69. The van der Waals surface area contributed by atoms with Gasteiger partial charge in [0.25, 0.3) is 0 Å². The van der Waals surface area contributed by atoms with E-state index in [0.717, 1.165) is 24.1 Å². The van der Waals surface area contributed by atoms with Crippen LogP contribution >= 0.6 is 0 Å². The number of carbonyl (C=O) groups excluding carboxylic acids is 1. The van der Waals surface area contributed by atoms with E-state index in [1.807, 2.05) is 12.1 Å². The summed E-state index contributed by atoms with van der Waals surface area (Å²) >= 11 is 0. The molecular formula is C18H17F3O. The third-order valence-corrected chi connectivity index (χ3v) is 3.42. The molecule has 0 aliphatic heterocycles. The molecule has 0 saturated heterocycles. The lowest BCUT2D eigenvalue weighted by molar-refractivity contribution is -0.137. The van der Waals surface area contributed by atoms with Crippen LogP contribution in [0.25, 0.3) is 11.1 Å². The Balaban J connectivity index is 2.44. The topological polar surface area (TPSA) is 17.1 Å². The second kappa shape index (κ2) is 6.34. The SMILES string of the molecule is CC(C)Cc1ccc(-c2cc(C(F)(F)F)ccc2C=O)cc1. The predicted molar refractivity (Wildman–Crippen MR) is 80.8 cm³/mol. The van der Waals surface area contributed by atoms with Crippen molar-refractivity contribution in [3.05, 3.63) is 59.2 Å². The molecule has 0 fully saturated rings. The Morgan fingerprint density at radius 1 is 1.05 bits per heavy atom. The summed E-state index contributed by atoms with van der Waals surface area (Å²) in [6.45, 7) is 4.20. The molecule has 0 aliphatic carbocycles. The van der Waals surface area contributed by atoms with Gasteiger partial charge in [0.2, 0.25) is 0 Å². The highest BCUT2D eigenvalue weighted by molar-refractivity contribution is 5.87. The number of hydrogen-bond donors (Lipinski definition) is 0. The average Bonchev–Trinajstić information content (AvgIpc) is 2.46. The fraction of sp³-hybridized carbons (Fsp3) is 0.278. The van der Waals surface area contributed by atoms with Crippen LogP contribution in [0.1, 0.15) is 35.3 Å². The summed E-state index contributed by atoms with van der Waals surface area (Å²) in [5, 5.41) is 0. The third-order valence-electron chi connectivity index (χ3n) is 3.42. The first-order valence-corrected chi connectivity index (χ1v) is 7.07. The van der Waals surface area contributed by atoms with Gasteiger partial charge in [-0.25, -0.2) is 0 Å². The number of halogens is 3. The third kappa shape index (κ3) is 3.75. The standard InChI is InChI=1S/C18H17F3O/c1-12(2)9-13-3-5-14(6-4-13)17-10-16(18(19,20)21)8-7-15(17)11-22/h3-8,10-12H,9H2,1-2H3. The highest BCUT2D eigenvalue weighted by Gasteiger charge is 2.31. The van der Waals surface area contributed by atoms with Gasteiger partial charge in [0.15, 0.2) is 6.29 Å². The molecule has 0 aliphatic rings. The summed E-state index contributed by atoms with van der Waals surface area (Å²) in [5.74, 6) is 0.505. The summed E-state index contributed by atoms with van der Waals surface area (Å²) in [6, 6.07) is 10.5. The molecule has 0 aromatic heterocycles. The van der Waals surface area contributed by atoms with Crippen molar-refractivity contribution in [2.75, 3.05) is 0 Å². The van der Waals surface area contributed by atoms with E-state index in [4.69, 9.17) is 0 Å². The molecule has 2 aromatic rings. The van der Waals surface area contributed by atoms with Gasteiger partial charge in [-0.1, -0.05) is 44.2 Å². The second-order valence-corrected chi connectivity index (χ2v) is 5.71. The van der Waals surface area contributed by atoms with E-state index < -0.39 is 11.7 Å². The van der Waals surface area contributed by atoms with Crippen molar-refractivity contribution in [1.29, 1.82) is 0 Å². The molecule has 0 bridgehead atoms. The Morgan fingerprint density at radius 3 is 2.18 bits per heavy atom. The molecule has 1 nitrogen and oxygen atoms in total. The molecule has 0 spiro atoms. The summed E-state index contributed by atoms with van der Waals surface area (Å²) in [6.07, 6.45) is -2.94. The monoisotopic (exact) mass is 306 g/mol. The smallest absolute Gasteiger partial charge is 0.298 e. The first-order chi connectivity index (χ1) is 10.3. The minimum Gasteiger partial charge on any atom is -0.298 e. The molecule has 0 atom stereocenters. The minimum absolute atomic E-state index is 0.254. The van der Waals surface area contributed by atoms with Crippen LogP contribution in [0.5, 0.6) is 0 Å². The van der Waals surface area contributed by atoms with Crippen LogP contribution in [0.2, 0.25) is 0 Å². The molecule has 116 valence electrons. The summed E-state index contributed by atoms with van der Waals surface area (Å²) in [5.41, 5.74) is 1.55. The van der Waals surface area contributed by atoms with Gasteiger partial charge in [0.1, 0.15) is 0 Å². The molecule has 2 aromatic carbocycles. The molecule has 22 heavy (non-hydrogen) atoms. The van der Waals surface area contributed by atoms with Gasteiger partial charge in [-0.15, -0.1) is 0 Å². The molecule has 2 rings (SSSR count). The van der Waals surface area contributed by atoms with Crippen molar-refractivity contribution >= 4 is 6.29 Å². The van der Waals surface area contributed by atoms with Gasteiger partial charge >= 0.3 is 6.18 Å². The molecule has 0 unspecified atom stereocenters. The fourth-order valence-electron chi connectivity index (χ4n) is 2.38. The zero-order valence-electron chi connectivity index (χ0n) is 12.4. The second-order valence-electron chi connectivity index (χ2n) is 5.71. The fourth-order valence-corrected chi connectivity index (χ4v) is 2.38. The Labute approximate surface area is 127 Å². The zero-order valence-corrected chi connectivity index (χ0v) is 12.4. The summed E-state index contributed by atoms with van der Waals surface area (Å²) < 4.78 is 38.5. The summed E-state index contributed by atoms with van der Waals surface area (Å²) in [4.78, 5) is 11.1. The molecule has 0 saturated carbocycles. The average molecular weight is 306 g/mol. The van der Waals surface area contributed by atoms with E-state index in [-0.39, 0.29) is 5.56 Å². The normalized spacial score (nSPS) is 11.7. The summed E-state index contributed by atoms with van der Waals surface area (Å²) in [7, 11) is 0. The van der Waals surface area contributed by atoms with Gasteiger partial charge in [-0.3, -0.25) is 4.79 Å². The van der Waals surface area contributed by atoms with Crippen LogP contribution in [0, 0.1) is 5.92 Å². The quantitative estimate of drug-likeness (QED) is 0.693. The molecule has 0 N–H and O–H groups in total. The number of alkyl halides is 3. The minimum atomic E-state index is -4.42. The predicted octanol–water partition coefficient (Wildman–Crippen LogP) is 5.38. The van der Waals surface area contributed by atoms with Gasteiger partial charge in [-0.05, 0) is 41.2 Å². The van der Waals surface area contributed by atoms with E-state index in [0.29, 0.717) is 23.3 Å². The van der Waals surface area contributed by atoms with E-state index in [2.05, 4.69) is 13.8 Å². The van der Waals surface area contributed by atoms with Crippen LogP contribution in [-0.2, 0) is 12.6 Å². The molecule has 0 amide bonds. The van der Waals surface area contributed by atoms with Crippen LogP contribution in [0.3, 0.4) is 0 Å². The number of aldehydes is 1. The first kappa shape index (κ1) is 16.3. The number of carbonyl (C=O) groups is 1. The van der Waals surface area contributed by atoms with E-state index >= 15 is 0 Å². The Morgan fingerprint density at radius 2 is 1.68 bits per heavy atom. The Bertz CT molecular complexity index is 655. The molecule has 4 heteroatoms. The Hall–Kier alpha value is -2.10. The van der Waals surface area contributed by atoms with Gasteiger partial charge in [0, 0.05) is 5.56 Å². The van der Waals surface area contributed by atoms with Gasteiger partial charge in [0.05, 0.1) is 5.56 Å². The molecular weight excluding hydrogens is 289 g/mol.